The Balaban J connectivity index is 2.80. The lowest BCUT2D eigenvalue weighted by Crippen LogP contribution is -2.59. The van der Waals surface area contributed by atoms with Gasteiger partial charge in [0.15, 0.2) is 0 Å². The van der Waals surface area contributed by atoms with Gasteiger partial charge in [-0.1, -0.05) is 26.2 Å². The SMILES string of the molecule is CC1([C@](N)(C=O)CO)CCCCC1. The average molecular weight is 185 g/mol. The molecule has 0 aromatic rings. The van der Waals surface area contributed by atoms with Crippen molar-refractivity contribution >= 4 is 6.29 Å². The van der Waals surface area contributed by atoms with E-state index in [0.717, 1.165) is 32.0 Å². The molecule has 0 radical (unpaired) electrons. The third kappa shape index (κ3) is 1.76. The molecule has 0 bridgehead atoms. The summed E-state index contributed by atoms with van der Waals surface area (Å²) < 4.78 is 0. The molecule has 1 saturated carbocycles. The molecule has 1 aliphatic carbocycles. The predicted octanol–water partition coefficient (Wildman–Crippen LogP) is 0.845. The van der Waals surface area contributed by atoms with Crippen molar-refractivity contribution in [1.82, 2.24) is 0 Å². The maximum absolute atomic E-state index is 10.9. The summed E-state index contributed by atoms with van der Waals surface area (Å²) in [5.74, 6) is 0. The minimum atomic E-state index is -1.03. The molecule has 1 fully saturated rings. The Morgan fingerprint density at radius 3 is 2.38 bits per heavy atom. The van der Waals surface area contributed by atoms with Crippen molar-refractivity contribution in [2.45, 2.75) is 44.6 Å². The van der Waals surface area contributed by atoms with Crippen LogP contribution in [-0.2, 0) is 4.79 Å². The predicted molar refractivity (Wildman–Crippen MR) is 51.3 cm³/mol. The summed E-state index contributed by atoms with van der Waals surface area (Å²) in [6.45, 7) is 1.77. The molecule has 0 aliphatic heterocycles. The van der Waals surface area contributed by atoms with Crippen molar-refractivity contribution in [1.29, 1.82) is 0 Å². The summed E-state index contributed by atoms with van der Waals surface area (Å²) in [6.07, 6.45) is 6.06. The fraction of sp³-hybridized carbons (Fsp3) is 0.900. The van der Waals surface area contributed by atoms with Gasteiger partial charge in [-0.2, -0.15) is 0 Å². The maximum atomic E-state index is 10.9. The molecular formula is C10H19NO2. The van der Waals surface area contributed by atoms with E-state index < -0.39 is 5.54 Å². The van der Waals surface area contributed by atoms with Gasteiger partial charge in [0.2, 0.25) is 0 Å². The van der Waals surface area contributed by atoms with E-state index in [4.69, 9.17) is 10.8 Å². The Labute approximate surface area is 79.3 Å². The summed E-state index contributed by atoms with van der Waals surface area (Å²) in [6, 6.07) is 0. The number of hydrogen-bond donors (Lipinski definition) is 2. The lowest BCUT2D eigenvalue weighted by Gasteiger charge is -2.44. The van der Waals surface area contributed by atoms with Crippen LogP contribution in [0.15, 0.2) is 0 Å². The molecule has 3 N–H and O–H groups in total. The van der Waals surface area contributed by atoms with E-state index in [2.05, 4.69) is 0 Å². The highest BCUT2D eigenvalue weighted by Crippen LogP contribution is 2.42. The minimum absolute atomic E-state index is 0.207. The lowest BCUT2D eigenvalue weighted by molar-refractivity contribution is -0.119. The first-order chi connectivity index (χ1) is 6.08. The van der Waals surface area contributed by atoms with Gasteiger partial charge in [0, 0.05) is 0 Å². The molecule has 0 aromatic carbocycles. The molecule has 76 valence electrons. The quantitative estimate of drug-likeness (QED) is 0.641. The average Bonchev–Trinajstić information content (AvgIpc) is 2.17. The molecule has 0 spiro atoms. The third-order valence-corrected chi connectivity index (χ3v) is 3.55. The van der Waals surface area contributed by atoms with E-state index in [1.165, 1.54) is 6.42 Å². The zero-order valence-electron chi connectivity index (χ0n) is 8.25. The molecule has 13 heavy (non-hydrogen) atoms. The molecule has 3 nitrogen and oxygen atoms in total. The van der Waals surface area contributed by atoms with Crippen LogP contribution in [0, 0.1) is 5.41 Å². The summed E-state index contributed by atoms with van der Waals surface area (Å²) in [5, 5.41) is 9.15. The van der Waals surface area contributed by atoms with Crippen LogP contribution in [0.2, 0.25) is 0 Å². The second kappa shape index (κ2) is 3.76. The molecule has 1 aliphatic rings. The van der Waals surface area contributed by atoms with E-state index in [0.29, 0.717) is 0 Å². The van der Waals surface area contributed by atoms with Gasteiger partial charge in [0.25, 0.3) is 0 Å². The number of aliphatic hydroxyl groups excluding tert-OH is 1. The highest BCUT2D eigenvalue weighted by atomic mass is 16.3. The number of hydrogen-bond acceptors (Lipinski definition) is 3. The van der Waals surface area contributed by atoms with Crippen molar-refractivity contribution in [2.75, 3.05) is 6.61 Å². The molecule has 3 heteroatoms. The highest BCUT2D eigenvalue weighted by Gasteiger charge is 2.45. The van der Waals surface area contributed by atoms with Crippen molar-refractivity contribution < 1.29 is 9.90 Å². The van der Waals surface area contributed by atoms with Crippen LogP contribution < -0.4 is 5.73 Å². The van der Waals surface area contributed by atoms with Gasteiger partial charge in [-0.25, -0.2) is 0 Å². The molecule has 0 saturated heterocycles. The van der Waals surface area contributed by atoms with Gasteiger partial charge in [0.1, 0.15) is 11.8 Å². The highest BCUT2D eigenvalue weighted by molar-refractivity contribution is 5.65. The molecule has 0 unspecified atom stereocenters. The van der Waals surface area contributed by atoms with Crippen LogP contribution in [0.5, 0.6) is 0 Å². The van der Waals surface area contributed by atoms with E-state index in [1.807, 2.05) is 6.92 Å². The van der Waals surface area contributed by atoms with Crippen LogP contribution >= 0.6 is 0 Å². The second-order valence-electron chi connectivity index (χ2n) is 4.44. The molecule has 0 aromatic heterocycles. The van der Waals surface area contributed by atoms with Crippen molar-refractivity contribution in [2.24, 2.45) is 11.1 Å². The van der Waals surface area contributed by atoms with Crippen LogP contribution in [0.25, 0.3) is 0 Å². The Morgan fingerprint density at radius 2 is 2.00 bits per heavy atom. The van der Waals surface area contributed by atoms with E-state index >= 15 is 0 Å². The number of carbonyl (C=O) groups excluding carboxylic acids is 1. The van der Waals surface area contributed by atoms with Gasteiger partial charge < -0.3 is 15.6 Å². The summed E-state index contributed by atoms with van der Waals surface area (Å²) in [4.78, 5) is 10.9. The van der Waals surface area contributed by atoms with Crippen LogP contribution in [0.1, 0.15) is 39.0 Å². The first-order valence-electron chi connectivity index (χ1n) is 4.94. The number of carbonyl (C=O) groups is 1. The van der Waals surface area contributed by atoms with Gasteiger partial charge in [-0.3, -0.25) is 0 Å². The van der Waals surface area contributed by atoms with Crippen molar-refractivity contribution in [3.05, 3.63) is 0 Å². The Morgan fingerprint density at radius 1 is 1.46 bits per heavy atom. The fourth-order valence-corrected chi connectivity index (χ4v) is 2.17. The normalized spacial score (nSPS) is 26.4. The number of aldehydes is 1. The molecule has 0 heterocycles. The van der Waals surface area contributed by atoms with E-state index in [-0.39, 0.29) is 12.0 Å². The second-order valence-corrected chi connectivity index (χ2v) is 4.44. The molecule has 1 rings (SSSR count). The standard InChI is InChI=1S/C10H19NO2/c1-9(5-3-2-4-6-9)10(11,7-12)8-13/h7,13H,2-6,8,11H2,1H3/t10-/m0/s1. The molecular weight excluding hydrogens is 166 g/mol. The molecule has 1 atom stereocenters. The van der Waals surface area contributed by atoms with Crippen LogP contribution in [0.3, 0.4) is 0 Å². The fourth-order valence-electron chi connectivity index (χ4n) is 2.17. The van der Waals surface area contributed by atoms with Gasteiger partial charge in [-0.15, -0.1) is 0 Å². The molecule has 0 amide bonds. The summed E-state index contributed by atoms with van der Waals surface area (Å²) >= 11 is 0. The zero-order chi connectivity index (χ0) is 9.95. The third-order valence-electron chi connectivity index (χ3n) is 3.55. The zero-order valence-corrected chi connectivity index (χ0v) is 8.25. The monoisotopic (exact) mass is 185 g/mol. The lowest BCUT2D eigenvalue weighted by atomic mass is 9.64. The van der Waals surface area contributed by atoms with Crippen molar-refractivity contribution in [3.63, 3.8) is 0 Å². The first kappa shape index (κ1) is 10.7. The maximum Gasteiger partial charge on any atom is 0.142 e. The number of rotatable bonds is 3. The Hall–Kier alpha value is -0.410. The number of aliphatic hydroxyl groups is 1. The van der Waals surface area contributed by atoms with Crippen LogP contribution in [-0.4, -0.2) is 23.5 Å². The van der Waals surface area contributed by atoms with Crippen molar-refractivity contribution in [3.8, 4) is 0 Å². The Bertz CT molecular complexity index is 187. The van der Waals surface area contributed by atoms with Crippen LogP contribution in [0.4, 0.5) is 0 Å². The smallest absolute Gasteiger partial charge is 0.142 e. The van der Waals surface area contributed by atoms with Gasteiger partial charge in [-0.05, 0) is 18.3 Å². The number of nitrogens with two attached hydrogens (primary N) is 1. The largest absolute Gasteiger partial charge is 0.394 e. The summed E-state index contributed by atoms with van der Waals surface area (Å²) in [5.41, 5.74) is 4.65. The van der Waals surface area contributed by atoms with Gasteiger partial charge >= 0.3 is 0 Å². The topological polar surface area (TPSA) is 63.3 Å². The van der Waals surface area contributed by atoms with E-state index in [9.17, 15) is 4.79 Å². The Kier molecular flexibility index (Phi) is 3.09. The van der Waals surface area contributed by atoms with E-state index in [1.54, 1.807) is 0 Å². The minimum Gasteiger partial charge on any atom is -0.394 e. The first-order valence-corrected chi connectivity index (χ1v) is 4.94. The summed E-state index contributed by atoms with van der Waals surface area (Å²) in [7, 11) is 0. The van der Waals surface area contributed by atoms with Gasteiger partial charge in [0.05, 0.1) is 6.61 Å².